The summed E-state index contributed by atoms with van der Waals surface area (Å²) in [4.78, 5) is 9.13. The van der Waals surface area contributed by atoms with Gasteiger partial charge in [-0.2, -0.15) is 0 Å². The molecule has 0 aliphatic carbocycles. The van der Waals surface area contributed by atoms with E-state index in [1.54, 1.807) is 0 Å². The molecule has 0 aromatic carbocycles. The summed E-state index contributed by atoms with van der Waals surface area (Å²) in [5.74, 6) is 0.227. The third-order valence-electron chi connectivity index (χ3n) is 0.123. The molecule has 0 radical (unpaired) electrons. The Labute approximate surface area is 59.3 Å². The molecule has 1 N–H and O–H groups in total. The van der Waals surface area contributed by atoms with Crippen LogP contribution in [0.3, 0.4) is 0 Å². The van der Waals surface area contributed by atoms with E-state index in [9.17, 15) is 0 Å². The maximum Gasteiger partial charge on any atom is 1.00 e. The number of rotatable bonds is 0. The van der Waals surface area contributed by atoms with Crippen molar-refractivity contribution in [3.8, 4) is 12.3 Å². The van der Waals surface area contributed by atoms with Crippen LogP contribution in [0.2, 0.25) is 0 Å². The van der Waals surface area contributed by atoms with Gasteiger partial charge in [0.1, 0.15) is 0 Å². The Bertz CT molecular complexity index is 85.4. The Morgan fingerprint density at radius 2 is 2.17 bits per heavy atom. The molecule has 0 atom stereocenters. The van der Waals surface area contributed by atoms with Crippen molar-refractivity contribution >= 4 is 5.97 Å². The quantitative estimate of drug-likeness (QED) is 0.254. The van der Waals surface area contributed by atoms with E-state index in [1.807, 2.05) is 0 Å². The smallest absolute Gasteiger partial charge is 1.00 e. The molecule has 0 bridgehead atoms. The summed E-state index contributed by atoms with van der Waals surface area (Å²) in [6.07, 6.45) is 4.32. The molecule has 3 heteroatoms. The Balaban J connectivity index is -0.0000000800. The first-order valence-electron chi connectivity index (χ1n) is 0.966. The number of carboxylic acids is 1. The second-order valence-corrected chi connectivity index (χ2v) is 0.449. The van der Waals surface area contributed by atoms with Crippen molar-refractivity contribution in [2.45, 2.75) is 0 Å². The molecule has 2 nitrogen and oxygen atoms in total. The minimum Gasteiger partial charge on any atom is -1.00 e. The molecule has 0 aromatic heterocycles. The van der Waals surface area contributed by atoms with Gasteiger partial charge in [0.05, 0.1) is 0 Å². The number of hydrogen-bond acceptors (Lipinski definition) is 1. The van der Waals surface area contributed by atoms with Crippen LogP contribution in [0.4, 0.5) is 0 Å². The Morgan fingerprint density at radius 1 is 2.00 bits per heavy atom. The van der Waals surface area contributed by atoms with Crippen molar-refractivity contribution in [3.63, 3.8) is 0 Å². The van der Waals surface area contributed by atoms with Gasteiger partial charge in [-0.15, -0.1) is 6.42 Å². The molecular weight excluding hydrogens is 91.0 g/mol. The van der Waals surface area contributed by atoms with Crippen molar-refractivity contribution in [1.82, 2.24) is 0 Å². The topological polar surface area (TPSA) is 37.3 Å². The van der Waals surface area contributed by atoms with Crippen molar-refractivity contribution in [3.05, 3.63) is 0 Å². The van der Waals surface area contributed by atoms with Gasteiger partial charge in [0.2, 0.25) is 0 Å². The summed E-state index contributed by atoms with van der Waals surface area (Å²) >= 11 is 0. The maximum absolute atomic E-state index is 9.13. The van der Waals surface area contributed by atoms with Crippen LogP contribution in [0.1, 0.15) is 1.43 Å². The van der Waals surface area contributed by atoms with Gasteiger partial charge in [0.15, 0.2) is 0 Å². The first-order valence-corrected chi connectivity index (χ1v) is 0.966. The fourth-order valence-electron chi connectivity index (χ4n) is 0. The third-order valence-corrected chi connectivity index (χ3v) is 0.123. The molecule has 0 unspecified atom stereocenters. The molecule has 0 spiro atoms. The number of hydrogen-bond donors (Lipinski definition) is 1. The van der Waals surface area contributed by atoms with Crippen LogP contribution in [0.5, 0.6) is 0 Å². The van der Waals surface area contributed by atoms with Crippen LogP contribution in [-0.4, -0.2) is 11.1 Å². The van der Waals surface area contributed by atoms with Gasteiger partial charge in [0.25, 0.3) is 0 Å². The molecule has 0 fully saturated rings. The SMILES string of the molecule is C#CC(=O)O.[H-].[Na+]. The number of carbonyl (C=O) groups is 1. The standard InChI is InChI=1S/C3H2O2.Na.H/c1-2-3(4)5;;/h1H,(H,4,5);;/q;+1;-1. The first kappa shape index (κ1) is 9.39. The molecule has 0 saturated heterocycles. The minimum atomic E-state index is -1.22. The van der Waals surface area contributed by atoms with Crippen molar-refractivity contribution in [2.24, 2.45) is 0 Å². The van der Waals surface area contributed by atoms with E-state index >= 15 is 0 Å². The average Bonchev–Trinajstić information content (AvgIpc) is 1.38. The monoisotopic (exact) mass is 94.0 g/mol. The second kappa shape index (κ2) is 5.03. The summed E-state index contributed by atoms with van der Waals surface area (Å²) < 4.78 is 0. The molecule has 6 heavy (non-hydrogen) atoms. The molecule has 0 rings (SSSR count). The summed E-state index contributed by atoms with van der Waals surface area (Å²) in [6, 6.07) is 0. The van der Waals surface area contributed by atoms with Crippen LogP contribution >= 0.6 is 0 Å². The van der Waals surface area contributed by atoms with Crippen LogP contribution in [-0.2, 0) is 4.79 Å². The normalized spacial score (nSPS) is 4.50. The van der Waals surface area contributed by atoms with Gasteiger partial charge in [-0.1, -0.05) is 0 Å². The predicted molar refractivity (Wildman–Crippen MR) is 17.6 cm³/mol. The van der Waals surface area contributed by atoms with Gasteiger partial charge in [0, 0.05) is 5.92 Å². The average molecular weight is 94.0 g/mol. The molecule has 0 amide bonds. The fourth-order valence-corrected chi connectivity index (χ4v) is 0. The van der Waals surface area contributed by atoms with Crippen LogP contribution in [0.25, 0.3) is 0 Å². The van der Waals surface area contributed by atoms with Gasteiger partial charge >= 0.3 is 35.5 Å². The third kappa shape index (κ3) is 8.98. The maximum atomic E-state index is 9.13. The van der Waals surface area contributed by atoms with E-state index in [2.05, 4.69) is 6.42 Å². The van der Waals surface area contributed by atoms with Gasteiger partial charge < -0.3 is 6.53 Å². The molecule has 0 aliphatic rings. The van der Waals surface area contributed by atoms with Crippen LogP contribution in [0, 0.1) is 12.3 Å². The Morgan fingerprint density at radius 3 is 2.17 bits per heavy atom. The van der Waals surface area contributed by atoms with Gasteiger partial charge in [-0.25, -0.2) is 4.79 Å². The zero-order chi connectivity index (χ0) is 4.28. The number of carboxylic acid groups (broad SMARTS) is 1. The molecule has 28 valence electrons. The predicted octanol–water partition coefficient (Wildman–Crippen LogP) is -3.18. The molecular formula is C3H3NaO2. The molecule has 0 saturated carbocycles. The second-order valence-electron chi connectivity index (χ2n) is 0.449. The van der Waals surface area contributed by atoms with Gasteiger partial charge in [-0.3, -0.25) is 0 Å². The number of terminal acetylenes is 1. The number of aliphatic carboxylic acids is 1. The molecule has 0 aromatic rings. The summed E-state index contributed by atoms with van der Waals surface area (Å²) in [7, 11) is 0. The zero-order valence-corrected chi connectivity index (χ0v) is 5.43. The van der Waals surface area contributed by atoms with Crippen molar-refractivity contribution in [1.29, 1.82) is 0 Å². The largest absolute Gasteiger partial charge is 1.00 e. The van der Waals surface area contributed by atoms with Gasteiger partial charge in [-0.05, 0) is 0 Å². The molecule has 0 heterocycles. The zero-order valence-electron chi connectivity index (χ0n) is 4.43. The van der Waals surface area contributed by atoms with E-state index in [0.29, 0.717) is 0 Å². The van der Waals surface area contributed by atoms with Crippen LogP contribution in [0.15, 0.2) is 0 Å². The van der Waals surface area contributed by atoms with E-state index in [1.165, 1.54) is 5.92 Å². The van der Waals surface area contributed by atoms with Crippen molar-refractivity contribution in [2.75, 3.05) is 0 Å². The first-order chi connectivity index (χ1) is 2.27. The van der Waals surface area contributed by atoms with Crippen molar-refractivity contribution < 1.29 is 40.9 Å². The fraction of sp³-hybridized carbons (Fsp3) is 0. The summed E-state index contributed by atoms with van der Waals surface area (Å²) in [5, 5.41) is 7.49. The van der Waals surface area contributed by atoms with E-state index in [-0.39, 0.29) is 31.0 Å². The van der Waals surface area contributed by atoms with E-state index in [4.69, 9.17) is 9.90 Å². The summed E-state index contributed by atoms with van der Waals surface area (Å²) in [6.45, 7) is 0. The van der Waals surface area contributed by atoms with Crippen LogP contribution < -0.4 is 29.6 Å². The molecule has 0 aliphatic heterocycles. The van der Waals surface area contributed by atoms with E-state index in [0.717, 1.165) is 0 Å². The summed E-state index contributed by atoms with van der Waals surface area (Å²) in [5.41, 5.74) is 0. The minimum absolute atomic E-state index is 0. The Kier molecular flexibility index (Phi) is 7.88. The Hall–Kier alpha value is 0.0300. The van der Waals surface area contributed by atoms with E-state index < -0.39 is 5.97 Å².